The number of amides is 1. The first kappa shape index (κ1) is 32.8. The third-order valence-electron chi connectivity index (χ3n) is 6.12. The summed E-state index contributed by atoms with van der Waals surface area (Å²) in [6.07, 6.45) is -12.9. The van der Waals surface area contributed by atoms with Gasteiger partial charge in [0.25, 0.3) is 0 Å². The van der Waals surface area contributed by atoms with Crippen LogP contribution in [0.1, 0.15) is 29.7 Å². The van der Waals surface area contributed by atoms with Gasteiger partial charge in [0.2, 0.25) is 15.9 Å². The molecule has 0 aliphatic carbocycles. The lowest BCUT2D eigenvalue weighted by Gasteiger charge is -2.23. The largest absolute Gasteiger partial charge is 0.416 e. The second kappa shape index (κ2) is 12.7. The fraction of sp³-hybridized carbons (Fsp3) is 0.400. The van der Waals surface area contributed by atoms with Crippen LogP contribution in [0.2, 0.25) is 0 Å². The number of carbonyl (C=O) groups excluding carboxylic acids is 1. The molecule has 0 spiro atoms. The van der Waals surface area contributed by atoms with Crippen molar-refractivity contribution in [1.29, 1.82) is 0 Å². The van der Waals surface area contributed by atoms with Crippen molar-refractivity contribution in [1.82, 2.24) is 24.4 Å². The number of sulfonamides is 1. The molecule has 230 valence electrons. The molecule has 1 unspecified atom stereocenters. The maximum absolute atomic E-state index is 13.7. The van der Waals surface area contributed by atoms with E-state index in [-0.39, 0.29) is 11.4 Å². The van der Waals surface area contributed by atoms with Gasteiger partial charge in [0.1, 0.15) is 6.54 Å². The van der Waals surface area contributed by atoms with Gasteiger partial charge in [0.05, 0.1) is 23.9 Å². The van der Waals surface area contributed by atoms with Crippen LogP contribution in [-0.4, -0.2) is 58.4 Å². The molecule has 0 saturated heterocycles. The first-order valence-corrected chi connectivity index (χ1v) is 14.0. The maximum atomic E-state index is 13.7. The summed E-state index contributed by atoms with van der Waals surface area (Å²) in [5, 5.41) is 15.8. The SMILES string of the molecule is CCS(=O)(=O)NCC(NC(=O)Cn1nc(-c2ccc(C)cc2)n(C[C@H](O)C(F)(F)F)c1=O)c1ccccc1C(F)(F)F. The molecule has 0 bridgehead atoms. The van der Waals surface area contributed by atoms with Crippen LogP contribution in [0, 0.1) is 6.92 Å². The molecule has 2 atom stereocenters. The Labute approximate surface area is 236 Å². The molecule has 0 aliphatic heterocycles. The van der Waals surface area contributed by atoms with E-state index in [0.717, 1.165) is 23.8 Å². The van der Waals surface area contributed by atoms with Gasteiger partial charge in [-0.3, -0.25) is 9.36 Å². The molecule has 1 amide bonds. The Balaban J connectivity index is 1.98. The zero-order valence-corrected chi connectivity index (χ0v) is 23.0. The molecule has 0 fully saturated rings. The van der Waals surface area contributed by atoms with Crippen molar-refractivity contribution in [2.75, 3.05) is 12.3 Å². The summed E-state index contributed by atoms with van der Waals surface area (Å²) in [6.45, 7) is 0.168. The van der Waals surface area contributed by atoms with Crippen molar-refractivity contribution in [2.24, 2.45) is 0 Å². The minimum absolute atomic E-state index is 0.192. The van der Waals surface area contributed by atoms with Gasteiger partial charge in [-0.25, -0.2) is 22.6 Å². The van der Waals surface area contributed by atoms with Crippen LogP contribution < -0.4 is 15.7 Å². The highest BCUT2D eigenvalue weighted by molar-refractivity contribution is 7.89. The first-order valence-electron chi connectivity index (χ1n) is 12.3. The van der Waals surface area contributed by atoms with E-state index in [2.05, 4.69) is 15.1 Å². The smallest absolute Gasteiger partial charge is 0.382 e. The number of benzene rings is 2. The molecule has 0 aliphatic rings. The Kier molecular flexibility index (Phi) is 9.89. The van der Waals surface area contributed by atoms with E-state index >= 15 is 0 Å². The zero-order valence-electron chi connectivity index (χ0n) is 22.2. The lowest BCUT2D eigenvalue weighted by atomic mass is 10.00. The van der Waals surface area contributed by atoms with Gasteiger partial charge in [-0.2, -0.15) is 26.3 Å². The summed E-state index contributed by atoms with van der Waals surface area (Å²) in [7, 11) is -3.90. The van der Waals surface area contributed by atoms with Crippen molar-refractivity contribution in [2.45, 2.75) is 51.4 Å². The summed E-state index contributed by atoms with van der Waals surface area (Å²) < 4.78 is 107. The predicted molar refractivity (Wildman–Crippen MR) is 139 cm³/mol. The van der Waals surface area contributed by atoms with Crippen LogP contribution in [0.4, 0.5) is 26.3 Å². The van der Waals surface area contributed by atoms with Gasteiger partial charge in [0, 0.05) is 12.1 Å². The quantitative estimate of drug-likeness (QED) is 0.281. The normalized spacial score (nSPS) is 14.0. The summed E-state index contributed by atoms with van der Waals surface area (Å²) >= 11 is 0. The summed E-state index contributed by atoms with van der Waals surface area (Å²) in [5.74, 6) is -1.79. The number of hydrogen-bond acceptors (Lipinski definition) is 6. The third-order valence-corrected chi connectivity index (χ3v) is 7.49. The van der Waals surface area contributed by atoms with E-state index in [0.29, 0.717) is 9.25 Å². The molecule has 10 nitrogen and oxygen atoms in total. The number of aliphatic hydroxyl groups is 1. The van der Waals surface area contributed by atoms with Crippen LogP contribution in [0.3, 0.4) is 0 Å². The topological polar surface area (TPSA) is 135 Å². The predicted octanol–water partition coefficient (Wildman–Crippen LogP) is 2.76. The van der Waals surface area contributed by atoms with Crippen LogP contribution in [0.25, 0.3) is 11.4 Å². The molecular formula is C25H27F6N5O5S. The number of nitrogens with one attached hydrogen (secondary N) is 2. The summed E-state index contributed by atoms with van der Waals surface area (Å²) in [4.78, 5) is 26.0. The van der Waals surface area contributed by atoms with Gasteiger partial charge < -0.3 is 10.4 Å². The van der Waals surface area contributed by atoms with E-state index in [4.69, 9.17) is 0 Å². The zero-order chi connectivity index (χ0) is 31.5. The van der Waals surface area contributed by atoms with Crippen LogP contribution in [-0.2, 0) is 34.1 Å². The van der Waals surface area contributed by atoms with E-state index < -0.39 is 82.6 Å². The van der Waals surface area contributed by atoms with Gasteiger partial charge >= 0.3 is 18.0 Å². The molecule has 1 aromatic heterocycles. The molecule has 0 radical (unpaired) electrons. The minimum atomic E-state index is -5.08. The Morgan fingerprint density at radius 1 is 1.05 bits per heavy atom. The Bertz CT molecular complexity index is 1570. The third kappa shape index (κ3) is 8.19. The van der Waals surface area contributed by atoms with E-state index in [1.54, 1.807) is 19.1 Å². The van der Waals surface area contributed by atoms with Crippen molar-refractivity contribution >= 4 is 15.9 Å². The van der Waals surface area contributed by atoms with Gasteiger partial charge in [0.15, 0.2) is 11.9 Å². The number of halogens is 6. The fourth-order valence-electron chi connectivity index (χ4n) is 3.89. The Hall–Kier alpha value is -3.70. The number of aromatic nitrogens is 3. The molecule has 3 aromatic rings. The Morgan fingerprint density at radius 2 is 1.67 bits per heavy atom. The highest BCUT2D eigenvalue weighted by Crippen LogP contribution is 2.34. The highest BCUT2D eigenvalue weighted by atomic mass is 32.2. The standard InChI is InChI=1S/C25H27F6N5O5S/c1-3-42(40,41)32-12-19(17-6-4-5-7-18(17)24(26,27)28)33-21(38)14-36-23(39)35(13-20(37)25(29,30)31)22(34-36)16-10-8-15(2)9-11-16/h4-11,19-20,32,37H,3,12-14H2,1-2H3,(H,33,38)/t19?,20-/m0/s1. The van der Waals surface area contributed by atoms with E-state index in [1.807, 2.05) is 0 Å². The van der Waals surface area contributed by atoms with Crippen LogP contribution >= 0.6 is 0 Å². The lowest BCUT2D eigenvalue weighted by molar-refractivity contribution is -0.207. The number of carbonyl (C=O) groups is 1. The number of nitrogens with zero attached hydrogens (tertiary/aromatic N) is 3. The first-order chi connectivity index (χ1) is 19.4. The van der Waals surface area contributed by atoms with Crippen molar-refractivity contribution < 1.29 is 44.7 Å². The van der Waals surface area contributed by atoms with Gasteiger partial charge in [-0.05, 0) is 25.5 Å². The second-order valence-corrected chi connectivity index (χ2v) is 11.4. The molecule has 1 heterocycles. The van der Waals surface area contributed by atoms with Crippen molar-refractivity contribution in [3.8, 4) is 11.4 Å². The molecule has 2 aromatic carbocycles. The van der Waals surface area contributed by atoms with Crippen LogP contribution in [0.15, 0.2) is 53.3 Å². The number of rotatable bonds is 11. The average molecular weight is 624 g/mol. The molecule has 3 rings (SSSR count). The number of alkyl halides is 6. The van der Waals surface area contributed by atoms with Crippen molar-refractivity contribution in [3.63, 3.8) is 0 Å². The molecule has 0 saturated carbocycles. The average Bonchev–Trinajstić information content (AvgIpc) is 3.20. The van der Waals surface area contributed by atoms with Crippen molar-refractivity contribution in [3.05, 3.63) is 75.7 Å². The van der Waals surface area contributed by atoms with E-state index in [9.17, 15) is 49.5 Å². The Morgan fingerprint density at radius 3 is 2.24 bits per heavy atom. The van der Waals surface area contributed by atoms with E-state index in [1.165, 1.54) is 25.1 Å². The minimum Gasteiger partial charge on any atom is -0.382 e. The second-order valence-electron chi connectivity index (χ2n) is 9.25. The molecule has 42 heavy (non-hydrogen) atoms. The lowest BCUT2D eigenvalue weighted by Crippen LogP contribution is -2.42. The maximum Gasteiger partial charge on any atom is 0.416 e. The monoisotopic (exact) mass is 623 g/mol. The van der Waals surface area contributed by atoms with Crippen LogP contribution in [0.5, 0.6) is 0 Å². The van der Waals surface area contributed by atoms with Gasteiger partial charge in [-0.1, -0.05) is 48.0 Å². The number of aryl methyl sites for hydroxylation is 1. The highest BCUT2D eigenvalue weighted by Gasteiger charge is 2.40. The summed E-state index contributed by atoms with van der Waals surface area (Å²) in [5.41, 5.74) is -1.84. The van der Waals surface area contributed by atoms with Gasteiger partial charge in [-0.15, -0.1) is 5.10 Å². The molecular weight excluding hydrogens is 596 g/mol. The number of hydrogen-bond donors (Lipinski definition) is 3. The number of aliphatic hydroxyl groups excluding tert-OH is 1. The summed E-state index contributed by atoms with van der Waals surface area (Å²) in [6, 6.07) is 8.70. The molecule has 3 N–H and O–H groups in total. The fourth-order valence-corrected chi connectivity index (χ4v) is 4.51. The molecule has 17 heteroatoms.